The van der Waals surface area contributed by atoms with Crippen molar-refractivity contribution in [3.8, 4) is 0 Å². The van der Waals surface area contributed by atoms with Crippen molar-refractivity contribution in [1.82, 2.24) is 24.9 Å². The molecule has 0 aromatic carbocycles. The van der Waals surface area contributed by atoms with E-state index in [2.05, 4.69) is 15.2 Å². The summed E-state index contributed by atoms with van der Waals surface area (Å²) in [7, 11) is 0. The second-order valence-electron chi connectivity index (χ2n) is 5.31. The topological polar surface area (TPSA) is 63.9 Å². The van der Waals surface area contributed by atoms with Crippen LogP contribution in [0, 0.1) is 0 Å². The fourth-order valence-corrected chi connectivity index (χ4v) is 2.67. The Balaban J connectivity index is 1.73. The molecule has 6 nitrogen and oxygen atoms in total. The fourth-order valence-electron chi connectivity index (χ4n) is 2.67. The van der Waals surface area contributed by atoms with E-state index in [4.69, 9.17) is 0 Å². The molecule has 1 aliphatic rings. The summed E-state index contributed by atoms with van der Waals surface area (Å²) >= 11 is 0. The largest absolute Gasteiger partial charge is 0.433 e. The van der Waals surface area contributed by atoms with E-state index < -0.39 is 11.9 Å². The molecule has 3 heterocycles. The van der Waals surface area contributed by atoms with Gasteiger partial charge in [0.25, 0.3) is 5.91 Å². The van der Waals surface area contributed by atoms with Crippen molar-refractivity contribution < 1.29 is 18.0 Å². The molecule has 1 saturated heterocycles. The summed E-state index contributed by atoms with van der Waals surface area (Å²) in [6, 6.07) is 1.92. The van der Waals surface area contributed by atoms with Crippen LogP contribution in [0.1, 0.15) is 28.9 Å². The SMILES string of the molecule is O=C(c1ccc(C(F)(F)F)nc1)N1CCCC1Cn1nccn1. The summed E-state index contributed by atoms with van der Waals surface area (Å²) < 4.78 is 37.6. The first kappa shape index (κ1) is 15.4. The van der Waals surface area contributed by atoms with Crippen molar-refractivity contribution in [2.75, 3.05) is 6.54 Å². The average molecular weight is 325 g/mol. The van der Waals surface area contributed by atoms with Crippen LogP contribution in [0.4, 0.5) is 13.2 Å². The lowest BCUT2D eigenvalue weighted by molar-refractivity contribution is -0.141. The van der Waals surface area contributed by atoms with Gasteiger partial charge in [0.05, 0.1) is 30.5 Å². The smallest absolute Gasteiger partial charge is 0.334 e. The van der Waals surface area contributed by atoms with Gasteiger partial charge >= 0.3 is 6.18 Å². The Bertz CT molecular complexity index is 669. The molecule has 1 aliphatic heterocycles. The lowest BCUT2D eigenvalue weighted by atomic mass is 10.2. The normalized spacial score (nSPS) is 18.4. The number of hydrogen-bond acceptors (Lipinski definition) is 4. The summed E-state index contributed by atoms with van der Waals surface area (Å²) in [6.07, 6.45) is 1.23. The zero-order valence-corrected chi connectivity index (χ0v) is 12.1. The van der Waals surface area contributed by atoms with E-state index in [1.165, 1.54) is 10.9 Å². The monoisotopic (exact) mass is 325 g/mol. The highest BCUT2D eigenvalue weighted by molar-refractivity contribution is 5.94. The van der Waals surface area contributed by atoms with Gasteiger partial charge in [-0.05, 0) is 25.0 Å². The molecule has 1 amide bonds. The van der Waals surface area contributed by atoms with E-state index >= 15 is 0 Å². The minimum absolute atomic E-state index is 0.0720. The zero-order valence-electron chi connectivity index (χ0n) is 12.1. The number of pyridine rings is 1. The van der Waals surface area contributed by atoms with Gasteiger partial charge in [-0.2, -0.15) is 28.2 Å². The molecule has 0 aliphatic carbocycles. The van der Waals surface area contributed by atoms with Crippen molar-refractivity contribution in [2.45, 2.75) is 31.6 Å². The quantitative estimate of drug-likeness (QED) is 0.866. The first-order chi connectivity index (χ1) is 10.9. The van der Waals surface area contributed by atoms with Crippen molar-refractivity contribution in [2.24, 2.45) is 0 Å². The summed E-state index contributed by atoms with van der Waals surface area (Å²) in [5, 5.41) is 8.03. The maximum absolute atomic E-state index is 12.5. The van der Waals surface area contributed by atoms with Gasteiger partial charge in [-0.15, -0.1) is 0 Å². The number of likely N-dealkylation sites (tertiary alicyclic amines) is 1. The Morgan fingerprint density at radius 1 is 1.26 bits per heavy atom. The predicted molar refractivity (Wildman–Crippen MR) is 73.3 cm³/mol. The lowest BCUT2D eigenvalue weighted by Crippen LogP contribution is -2.38. The molecular formula is C14H14F3N5O. The molecule has 23 heavy (non-hydrogen) atoms. The molecule has 2 aromatic heterocycles. The Hall–Kier alpha value is -2.45. The minimum Gasteiger partial charge on any atom is -0.334 e. The van der Waals surface area contributed by atoms with E-state index in [1.54, 1.807) is 17.3 Å². The summed E-state index contributed by atoms with van der Waals surface area (Å²) in [4.78, 5) is 19.0. The second kappa shape index (κ2) is 5.98. The summed E-state index contributed by atoms with van der Waals surface area (Å²) in [5.41, 5.74) is -0.855. The van der Waals surface area contributed by atoms with E-state index in [0.29, 0.717) is 13.1 Å². The number of rotatable bonds is 3. The van der Waals surface area contributed by atoms with Crippen LogP contribution >= 0.6 is 0 Å². The molecule has 2 aromatic rings. The van der Waals surface area contributed by atoms with Crippen LogP contribution in [0.3, 0.4) is 0 Å². The van der Waals surface area contributed by atoms with Gasteiger partial charge in [-0.1, -0.05) is 0 Å². The van der Waals surface area contributed by atoms with E-state index in [-0.39, 0.29) is 17.5 Å². The molecule has 3 rings (SSSR count). The number of alkyl halides is 3. The third-order valence-corrected chi connectivity index (χ3v) is 3.78. The molecule has 1 atom stereocenters. The molecule has 0 N–H and O–H groups in total. The summed E-state index contributed by atoms with van der Waals surface area (Å²) in [5.74, 6) is -0.319. The van der Waals surface area contributed by atoms with Crippen molar-refractivity contribution >= 4 is 5.91 Å². The van der Waals surface area contributed by atoms with Crippen LogP contribution in [-0.2, 0) is 12.7 Å². The van der Waals surface area contributed by atoms with Gasteiger partial charge in [0.2, 0.25) is 0 Å². The van der Waals surface area contributed by atoms with Crippen LogP contribution in [0.5, 0.6) is 0 Å². The Labute approximate surface area is 129 Å². The van der Waals surface area contributed by atoms with Crippen LogP contribution in [0.15, 0.2) is 30.7 Å². The standard InChI is InChI=1S/C14H14F3N5O/c15-14(16,17)12-4-3-10(8-18-12)13(23)21-7-1-2-11(21)9-22-19-5-6-20-22/h3-6,8,11H,1-2,7,9H2. The third kappa shape index (κ3) is 3.33. The van der Waals surface area contributed by atoms with Crippen molar-refractivity contribution in [3.05, 3.63) is 42.0 Å². The first-order valence-electron chi connectivity index (χ1n) is 7.13. The first-order valence-corrected chi connectivity index (χ1v) is 7.13. The molecular weight excluding hydrogens is 311 g/mol. The number of amides is 1. The van der Waals surface area contributed by atoms with Gasteiger partial charge in [-0.3, -0.25) is 9.78 Å². The Morgan fingerprint density at radius 2 is 2.00 bits per heavy atom. The van der Waals surface area contributed by atoms with Gasteiger partial charge < -0.3 is 4.90 Å². The minimum atomic E-state index is -4.51. The number of carbonyl (C=O) groups excluding carboxylic acids is 1. The average Bonchev–Trinajstić information content (AvgIpc) is 3.18. The highest BCUT2D eigenvalue weighted by Gasteiger charge is 2.34. The van der Waals surface area contributed by atoms with Crippen molar-refractivity contribution in [3.63, 3.8) is 0 Å². The highest BCUT2D eigenvalue weighted by Crippen LogP contribution is 2.28. The maximum atomic E-state index is 12.5. The van der Waals surface area contributed by atoms with Gasteiger partial charge in [0, 0.05) is 12.7 Å². The highest BCUT2D eigenvalue weighted by atomic mass is 19.4. The van der Waals surface area contributed by atoms with E-state index in [9.17, 15) is 18.0 Å². The van der Waals surface area contributed by atoms with Crippen LogP contribution in [-0.4, -0.2) is 43.4 Å². The number of halogens is 3. The van der Waals surface area contributed by atoms with Crippen LogP contribution in [0.2, 0.25) is 0 Å². The molecule has 1 unspecified atom stereocenters. The van der Waals surface area contributed by atoms with Gasteiger partial charge in [0.1, 0.15) is 5.69 Å². The zero-order chi connectivity index (χ0) is 16.4. The molecule has 0 radical (unpaired) electrons. The van der Waals surface area contributed by atoms with Crippen LogP contribution in [0.25, 0.3) is 0 Å². The van der Waals surface area contributed by atoms with Gasteiger partial charge in [0.15, 0.2) is 0 Å². The number of nitrogens with zero attached hydrogens (tertiary/aromatic N) is 5. The summed E-state index contributed by atoms with van der Waals surface area (Å²) in [6.45, 7) is 1.03. The predicted octanol–water partition coefficient (Wildman–Crippen LogP) is 2.00. The van der Waals surface area contributed by atoms with Gasteiger partial charge in [-0.25, -0.2) is 0 Å². The maximum Gasteiger partial charge on any atom is 0.433 e. The van der Waals surface area contributed by atoms with Crippen LogP contribution < -0.4 is 0 Å². The number of carbonyl (C=O) groups is 1. The Kier molecular flexibility index (Phi) is 4.01. The fraction of sp³-hybridized carbons (Fsp3) is 0.429. The third-order valence-electron chi connectivity index (χ3n) is 3.78. The van der Waals surface area contributed by atoms with Crippen molar-refractivity contribution in [1.29, 1.82) is 0 Å². The molecule has 0 bridgehead atoms. The molecule has 1 fully saturated rings. The second-order valence-corrected chi connectivity index (χ2v) is 5.31. The number of aromatic nitrogens is 4. The Morgan fingerprint density at radius 3 is 2.61 bits per heavy atom. The molecule has 122 valence electrons. The molecule has 0 spiro atoms. The van der Waals surface area contributed by atoms with E-state index in [1.807, 2.05) is 0 Å². The van der Waals surface area contributed by atoms with E-state index in [0.717, 1.165) is 25.1 Å². The molecule has 0 saturated carbocycles. The molecule has 9 heteroatoms. The lowest BCUT2D eigenvalue weighted by Gasteiger charge is -2.24. The number of hydrogen-bond donors (Lipinski definition) is 0.